The summed E-state index contributed by atoms with van der Waals surface area (Å²) in [5, 5.41) is 0. The van der Waals surface area contributed by atoms with Crippen LogP contribution in [0.1, 0.15) is 67.6 Å². The van der Waals surface area contributed by atoms with Crippen molar-refractivity contribution in [1.82, 2.24) is 0 Å². The van der Waals surface area contributed by atoms with Gasteiger partial charge in [-0.2, -0.15) is 0 Å². The highest BCUT2D eigenvalue weighted by Crippen LogP contribution is 2.34. The van der Waals surface area contributed by atoms with Crippen LogP contribution in [0.25, 0.3) is 0 Å². The molecule has 1 rings (SSSR count). The van der Waals surface area contributed by atoms with Crippen molar-refractivity contribution in [2.75, 3.05) is 0 Å². The molecule has 1 aromatic carbocycles. The van der Waals surface area contributed by atoms with Gasteiger partial charge >= 0.3 is 0 Å². The molecule has 0 spiro atoms. The highest BCUT2D eigenvalue weighted by molar-refractivity contribution is 9.09. The van der Waals surface area contributed by atoms with Crippen LogP contribution in [0, 0.1) is 0 Å². The van der Waals surface area contributed by atoms with Crippen LogP contribution in [0.15, 0.2) is 12.1 Å². The standard InChI is InChI=1S/C16H25Br/c1-5-9-15(17)16-13(7-3)10-12(6-2)11-14(16)8-4/h10-11,15H,5-9H2,1-4H3. The molecular weight excluding hydrogens is 272 g/mol. The molecule has 17 heavy (non-hydrogen) atoms. The Morgan fingerprint density at radius 1 is 0.941 bits per heavy atom. The maximum absolute atomic E-state index is 3.88. The quantitative estimate of drug-likeness (QED) is 0.599. The lowest BCUT2D eigenvalue weighted by Crippen LogP contribution is -2.03. The zero-order valence-corrected chi connectivity index (χ0v) is 13.2. The minimum absolute atomic E-state index is 0.531. The monoisotopic (exact) mass is 296 g/mol. The molecule has 1 atom stereocenters. The van der Waals surface area contributed by atoms with Gasteiger partial charge in [-0.15, -0.1) is 0 Å². The number of rotatable bonds is 6. The van der Waals surface area contributed by atoms with E-state index in [-0.39, 0.29) is 0 Å². The number of hydrogen-bond acceptors (Lipinski definition) is 0. The summed E-state index contributed by atoms with van der Waals surface area (Å²) in [6.07, 6.45) is 5.88. The van der Waals surface area contributed by atoms with Crippen LogP contribution >= 0.6 is 15.9 Å². The van der Waals surface area contributed by atoms with Crippen molar-refractivity contribution < 1.29 is 0 Å². The van der Waals surface area contributed by atoms with Gasteiger partial charge in [-0.05, 0) is 47.9 Å². The van der Waals surface area contributed by atoms with Crippen LogP contribution in [0.4, 0.5) is 0 Å². The van der Waals surface area contributed by atoms with E-state index in [1.165, 1.54) is 29.5 Å². The summed E-state index contributed by atoms with van der Waals surface area (Å²) in [6.45, 7) is 9.03. The van der Waals surface area contributed by atoms with Crippen molar-refractivity contribution in [2.24, 2.45) is 0 Å². The van der Waals surface area contributed by atoms with E-state index in [0.29, 0.717) is 4.83 Å². The van der Waals surface area contributed by atoms with E-state index in [0.717, 1.165) is 19.3 Å². The first-order valence-electron chi connectivity index (χ1n) is 6.96. The van der Waals surface area contributed by atoms with Crippen LogP contribution in [0.3, 0.4) is 0 Å². The van der Waals surface area contributed by atoms with Gasteiger partial charge in [-0.3, -0.25) is 0 Å². The summed E-state index contributed by atoms with van der Waals surface area (Å²) in [5.41, 5.74) is 6.13. The number of halogens is 1. The maximum Gasteiger partial charge on any atom is 0.0400 e. The first-order valence-corrected chi connectivity index (χ1v) is 7.87. The lowest BCUT2D eigenvalue weighted by atomic mass is 9.90. The topological polar surface area (TPSA) is 0 Å². The molecule has 0 radical (unpaired) electrons. The molecule has 0 fully saturated rings. The Bertz CT molecular complexity index is 330. The molecule has 0 saturated heterocycles. The van der Waals surface area contributed by atoms with Crippen molar-refractivity contribution in [3.8, 4) is 0 Å². The summed E-state index contributed by atoms with van der Waals surface area (Å²) < 4.78 is 0. The van der Waals surface area contributed by atoms with Gasteiger partial charge in [0, 0.05) is 4.83 Å². The van der Waals surface area contributed by atoms with E-state index in [4.69, 9.17) is 0 Å². The second-order valence-corrected chi connectivity index (χ2v) is 5.75. The minimum atomic E-state index is 0.531. The van der Waals surface area contributed by atoms with Gasteiger partial charge in [0.1, 0.15) is 0 Å². The second-order valence-electron chi connectivity index (χ2n) is 4.64. The molecule has 0 aliphatic carbocycles. The average molecular weight is 297 g/mol. The van der Waals surface area contributed by atoms with E-state index < -0.39 is 0 Å². The van der Waals surface area contributed by atoms with Crippen LogP contribution in [-0.4, -0.2) is 0 Å². The number of aryl methyl sites for hydroxylation is 3. The van der Waals surface area contributed by atoms with E-state index in [9.17, 15) is 0 Å². The molecule has 0 aliphatic heterocycles. The molecule has 0 aromatic heterocycles. The summed E-state index contributed by atoms with van der Waals surface area (Å²) in [5.74, 6) is 0. The van der Waals surface area contributed by atoms with Gasteiger partial charge in [0.05, 0.1) is 0 Å². The first-order chi connectivity index (χ1) is 8.17. The van der Waals surface area contributed by atoms with Crippen molar-refractivity contribution in [3.63, 3.8) is 0 Å². The molecule has 0 bridgehead atoms. The fraction of sp³-hybridized carbons (Fsp3) is 0.625. The largest absolute Gasteiger partial charge is 0.0839 e. The molecule has 1 aromatic rings. The third-order valence-corrected chi connectivity index (χ3v) is 4.35. The lowest BCUT2D eigenvalue weighted by molar-refractivity contribution is 0.770. The SMILES string of the molecule is CCCC(Br)c1c(CC)cc(CC)cc1CC. The van der Waals surface area contributed by atoms with Crippen LogP contribution in [0.2, 0.25) is 0 Å². The molecular formula is C16H25Br. The Hall–Kier alpha value is -0.300. The molecule has 96 valence electrons. The number of alkyl halides is 1. The summed E-state index contributed by atoms with van der Waals surface area (Å²) in [7, 11) is 0. The van der Waals surface area contributed by atoms with E-state index in [1.807, 2.05) is 0 Å². The van der Waals surface area contributed by atoms with Gasteiger partial charge in [-0.25, -0.2) is 0 Å². The minimum Gasteiger partial charge on any atom is -0.0839 e. The van der Waals surface area contributed by atoms with Crippen LogP contribution in [-0.2, 0) is 19.3 Å². The second kappa shape index (κ2) is 7.20. The third kappa shape index (κ3) is 3.58. The molecule has 0 amide bonds. The molecule has 0 saturated carbocycles. The highest BCUT2D eigenvalue weighted by Gasteiger charge is 2.15. The first kappa shape index (κ1) is 14.8. The van der Waals surface area contributed by atoms with E-state index in [1.54, 1.807) is 5.56 Å². The van der Waals surface area contributed by atoms with Crippen molar-refractivity contribution >= 4 is 15.9 Å². The molecule has 0 nitrogen and oxygen atoms in total. The van der Waals surface area contributed by atoms with Gasteiger partial charge in [0.15, 0.2) is 0 Å². The van der Waals surface area contributed by atoms with Crippen molar-refractivity contribution in [1.29, 1.82) is 0 Å². The fourth-order valence-corrected chi connectivity index (χ4v) is 3.49. The zero-order chi connectivity index (χ0) is 12.8. The molecule has 0 aliphatic rings. The third-order valence-electron chi connectivity index (χ3n) is 3.44. The van der Waals surface area contributed by atoms with Crippen molar-refractivity contribution in [2.45, 2.75) is 64.6 Å². The molecule has 1 heteroatoms. The Morgan fingerprint density at radius 3 is 1.82 bits per heavy atom. The van der Waals surface area contributed by atoms with Gasteiger partial charge < -0.3 is 0 Å². The van der Waals surface area contributed by atoms with Crippen molar-refractivity contribution in [3.05, 3.63) is 34.4 Å². The number of benzene rings is 1. The van der Waals surface area contributed by atoms with Gasteiger partial charge in [0.25, 0.3) is 0 Å². The summed E-state index contributed by atoms with van der Waals surface area (Å²) in [6, 6.07) is 4.80. The van der Waals surface area contributed by atoms with Crippen LogP contribution < -0.4 is 0 Å². The molecule has 0 heterocycles. The van der Waals surface area contributed by atoms with Gasteiger partial charge in [-0.1, -0.05) is 62.2 Å². The lowest BCUT2D eigenvalue weighted by Gasteiger charge is -2.19. The highest BCUT2D eigenvalue weighted by atomic mass is 79.9. The maximum atomic E-state index is 3.88. The summed E-state index contributed by atoms with van der Waals surface area (Å²) >= 11 is 3.88. The molecule has 1 unspecified atom stereocenters. The predicted octanol–water partition coefficient (Wildman–Crippen LogP) is 5.61. The van der Waals surface area contributed by atoms with Gasteiger partial charge in [0.2, 0.25) is 0 Å². The van der Waals surface area contributed by atoms with E-state index in [2.05, 4.69) is 55.8 Å². The van der Waals surface area contributed by atoms with E-state index >= 15 is 0 Å². The smallest absolute Gasteiger partial charge is 0.0400 e. The Balaban J connectivity index is 3.23. The predicted molar refractivity (Wildman–Crippen MR) is 81.2 cm³/mol. The Labute approximate surface area is 115 Å². The molecule has 0 N–H and O–H groups in total. The Kier molecular flexibility index (Phi) is 6.26. The fourth-order valence-electron chi connectivity index (χ4n) is 2.44. The number of hydrogen-bond donors (Lipinski definition) is 0. The van der Waals surface area contributed by atoms with Crippen LogP contribution in [0.5, 0.6) is 0 Å². The summed E-state index contributed by atoms with van der Waals surface area (Å²) in [4.78, 5) is 0.531. The Morgan fingerprint density at radius 2 is 1.47 bits per heavy atom. The zero-order valence-electron chi connectivity index (χ0n) is 11.6. The normalized spacial score (nSPS) is 12.8. The average Bonchev–Trinajstić information content (AvgIpc) is 2.37.